The third kappa shape index (κ3) is 29.3. The number of benzene rings is 7. The summed E-state index contributed by atoms with van der Waals surface area (Å²) in [7, 11) is 4.96. The number of fused-ring (bicyclic) bond motifs is 6. The van der Waals surface area contributed by atoms with Crippen LogP contribution in [-0.2, 0) is 104 Å². The first-order valence-electron chi connectivity index (χ1n) is 45.8. The van der Waals surface area contributed by atoms with Crippen molar-refractivity contribution in [3.63, 3.8) is 0 Å². The second-order valence-corrected chi connectivity index (χ2v) is 41.6. The van der Waals surface area contributed by atoms with Gasteiger partial charge in [-0.1, -0.05) is 68.4 Å². The van der Waals surface area contributed by atoms with E-state index in [9.17, 15) is 47.2 Å². The summed E-state index contributed by atoms with van der Waals surface area (Å²) in [6.07, 6.45) is 4.42. The number of aromatic nitrogens is 17. The molecule has 0 aliphatic heterocycles. The fourth-order valence-electron chi connectivity index (χ4n) is 15.2. The van der Waals surface area contributed by atoms with E-state index in [1.807, 2.05) is 162 Å². The van der Waals surface area contributed by atoms with E-state index in [1.165, 1.54) is 50.9 Å². The standard InChI is InChI=1S/C19H23N3OS.C18H21N3O3S.2C17H19N3O3S.C16H14F3N3O2S.C16H15F2N3O4S/c1-14(2)12-22(3)18-11-7-4-8-15(18)13-24(23)19-20-16-9-5-6-10-17(16)21-19;1-13-16(19-9-8-17(13)24-11-5-10-23-2)12-25(22)18-20-14-6-3-4-7-15(14)21-18;2*1-10-8-18-15(11(2)16(10)23-4)9-24(21)17-19-13-6-5-12(22-3)7-14(13)20-17;1-10-13(20-7-6-14(10)24-9-16(17,18)19)8-25(23)15-21-11-4-2-3-5-12(11)22-15;1-23-13-5-6-19-12(14(13)24-2)8-26(22)16-20-10-4-3-9(25-15(17)18)7-11(10)21-16/h4-11,14H,12-13H2,1-3H3,(H,20,21);3-4,6-9H,5,10-12H2,1-2H3,(H,20,21);2*5-8H,9H2,1-4H3,(H,19,20);2-7H,8-9H2,1H3,(H,21,22);3-7,15H,8H2,1-2H3,(H,20,21)/t;;24-;;;/m..0.../s1. The van der Waals surface area contributed by atoms with Crippen molar-refractivity contribution in [1.82, 2.24) is 84.7 Å². The van der Waals surface area contributed by atoms with Gasteiger partial charge in [-0.2, -0.15) is 22.0 Å². The van der Waals surface area contributed by atoms with Crippen LogP contribution in [0, 0.1) is 47.5 Å². The second kappa shape index (κ2) is 52.3. The van der Waals surface area contributed by atoms with Crippen LogP contribution in [0.1, 0.15) is 87.7 Å². The van der Waals surface area contributed by atoms with Gasteiger partial charge in [0, 0.05) is 128 Å². The minimum Gasteiger partial charge on any atom is -0.497 e. The molecule has 0 amide bonds. The zero-order valence-corrected chi connectivity index (χ0v) is 88.6. The number of halogens is 5. The summed E-state index contributed by atoms with van der Waals surface area (Å²) in [6.45, 7) is 13.5. The Morgan fingerprint density at radius 3 is 1.08 bits per heavy atom. The van der Waals surface area contributed by atoms with E-state index in [0.29, 0.717) is 101 Å². The predicted molar refractivity (Wildman–Crippen MR) is 561 cm³/mol. The largest absolute Gasteiger partial charge is 0.497 e. The number of pyridine rings is 5. The van der Waals surface area contributed by atoms with Crippen LogP contribution in [0.15, 0.2) is 232 Å². The lowest BCUT2D eigenvalue weighted by Crippen LogP contribution is -2.23. The van der Waals surface area contributed by atoms with Crippen LogP contribution in [0.25, 0.3) is 66.2 Å². The van der Waals surface area contributed by atoms with Crippen LogP contribution in [-0.4, -0.2) is 206 Å². The SMILES string of the molecule is CC(C)CN(C)c1ccccc1CS(=O)c1nc2ccccc2[nH]1.COCCCOc1ccnc(CS(=O)c2nc3ccccc3[nH]2)c1C.COc1ccc2nc(S(=O)Cc3ncc(C)c(OC)c3C)[nH]c2c1.COc1ccc2nc([S@@](=O)Cc3ncc(C)c(OC)c3C)[nH]c2c1.COc1ccnc(CS(=O)c2nc3ccc(OC(F)F)cc3[nH]2)c1OC.Cc1c(OCC(F)(F)F)ccnc1CS(=O)c1nc2ccccc2[nH]1. The van der Waals surface area contributed by atoms with Crippen molar-refractivity contribution in [3.05, 3.63) is 268 Å². The summed E-state index contributed by atoms with van der Waals surface area (Å²) in [5.41, 5.74) is 19.3. The van der Waals surface area contributed by atoms with E-state index >= 15 is 0 Å². The Kier molecular flexibility index (Phi) is 39.2. The van der Waals surface area contributed by atoms with E-state index in [1.54, 1.807) is 73.2 Å². The third-order valence-electron chi connectivity index (χ3n) is 22.6. The lowest BCUT2D eigenvalue weighted by molar-refractivity contribution is -0.153. The van der Waals surface area contributed by atoms with E-state index < -0.39 is 84.2 Å². The highest BCUT2D eigenvalue weighted by Crippen LogP contribution is 2.36. The van der Waals surface area contributed by atoms with Gasteiger partial charge in [-0.05, 0) is 144 Å². The Morgan fingerprint density at radius 1 is 0.358 bits per heavy atom. The summed E-state index contributed by atoms with van der Waals surface area (Å²) in [6, 6.07) is 50.9. The maximum absolute atomic E-state index is 12.8. The number of nitrogens with zero attached hydrogens (tertiary/aromatic N) is 12. The van der Waals surface area contributed by atoms with E-state index in [0.717, 1.165) is 148 Å². The van der Waals surface area contributed by atoms with Gasteiger partial charge in [0.1, 0.15) is 40.2 Å². The van der Waals surface area contributed by atoms with Crippen LogP contribution in [0.5, 0.6) is 51.7 Å². The number of nitrogens with one attached hydrogen (secondary N) is 6. The van der Waals surface area contributed by atoms with Gasteiger partial charge in [0.15, 0.2) is 49.0 Å². The topological polar surface area (TPSA) is 434 Å². The number of anilines is 1. The molecule has 6 atom stereocenters. The highest BCUT2D eigenvalue weighted by Gasteiger charge is 2.30. The van der Waals surface area contributed by atoms with Crippen molar-refractivity contribution in [2.75, 3.05) is 88.1 Å². The average molecular weight is 2140 g/mol. The molecule has 45 heteroatoms. The molecule has 0 radical (unpaired) electrons. The lowest BCUT2D eigenvalue weighted by atomic mass is 10.1. The summed E-state index contributed by atoms with van der Waals surface area (Å²) in [5, 5.41) is 2.36. The quantitative estimate of drug-likeness (QED) is 0.0157. The maximum Gasteiger partial charge on any atom is 0.422 e. The van der Waals surface area contributed by atoms with Crippen molar-refractivity contribution in [2.24, 2.45) is 5.92 Å². The van der Waals surface area contributed by atoms with Crippen molar-refractivity contribution < 1.29 is 94.6 Å². The molecular formula is C103H111F5N18O16S6. The first-order chi connectivity index (χ1) is 71.1. The van der Waals surface area contributed by atoms with Gasteiger partial charge >= 0.3 is 12.8 Å². The number of hydrogen-bond donors (Lipinski definition) is 6. The van der Waals surface area contributed by atoms with Crippen molar-refractivity contribution >= 4 is 137 Å². The van der Waals surface area contributed by atoms with Gasteiger partial charge in [-0.15, -0.1) is 0 Å². The molecule has 11 heterocycles. The fourth-order valence-corrected chi connectivity index (χ4v) is 21.7. The van der Waals surface area contributed by atoms with Gasteiger partial charge in [0.25, 0.3) is 0 Å². The molecule has 18 rings (SSSR count). The molecule has 0 aliphatic rings. The van der Waals surface area contributed by atoms with Gasteiger partial charge in [0.05, 0.1) is 243 Å². The van der Waals surface area contributed by atoms with Crippen LogP contribution >= 0.6 is 0 Å². The maximum atomic E-state index is 12.8. The van der Waals surface area contributed by atoms with Crippen molar-refractivity contribution in [1.29, 1.82) is 0 Å². The highest BCUT2D eigenvalue weighted by atomic mass is 32.2. The van der Waals surface area contributed by atoms with Crippen LogP contribution in [0.2, 0.25) is 0 Å². The first-order valence-corrected chi connectivity index (χ1v) is 53.8. The fraction of sp³-hybridized carbons (Fsp3) is 0.291. The normalized spacial score (nSPS) is 12.5. The summed E-state index contributed by atoms with van der Waals surface area (Å²) in [4.78, 5) is 68.2. The number of methoxy groups -OCH3 is 7. The van der Waals surface area contributed by atoms with Crippen molar-refractivity contribution in [2.45, 2.75) is 140 Å². The highest BCUT2D eigenvalue weighted by molar-refractivity contribution is 7.85. The zero-order chi connectivity index (χ0) is 106. The Bertz CT molecular complexity index is 7530. The smallest absolute Gasteiger partial charge is 0.422 e. The number of hydrogen-bond acceptors (Lipinski definition) is 28. The lowest BCUT2D eigenvalue weighted by Gasteiger charge is -2.24. The van der Waals surface area contributed by atoms with E-state index in [2.05, 4.69) is 121 Å². The Morgan fingerprint density at radius 2 is 0.703 bits per heavy atom. The number of ether oxygens (including phenoxy) is 10. The number of para-hydroxylation sites is 7. The number of aryl methyl sites for hydroxylation is 2. The molecule has 0 fully saturated rings. The van der Waals surface area contributed by atoms with Crippen LogP contribution in [0.4, 0.5) is 27.6 Å². The molecule has 0 saturated carbocycles. The molecule has 0 saturated heterocycles. The molecule has 6 N–H and O–H groups in total. The number of H-pyrrole nitrogens is 6. The monoisotopic (exact) mass is 2140 g/mol. The number of aromatic amines is 6. The third-order valence-corrected chi connectivity index (χ3v) is 29.6. The molecule has 780 valence electrons. The minimum atomic E-state index is -4.42. The van der Waals surface area contributed by atoms with Gasteiger partial charge < -0.3 is 82.2 Å². The molecule has 148 heavy (non-hydrogen) atoms. The number of alkyl halides is 5. The molecular weight excluding hydrogens is 2030 g/mol. The molecule has 0 bridgehead atoms. The molecule has 11 aromatic heterocycles. The zero-order valence-electron chi connectivity index (χ0n) is 83.7. The van der Waals surface area contributed by atoms with Crippen LogP contribution < -0.4 is 47.5 Å². The molecule has 7 aromatic carbocycles. The molecule has 0 spiro atoms. The number of imidazole rings is 6. The Hall–Kier alpha value is -14.4. The average Bonchev–Trinajstić information content (AvgIpc) is 1.58. The predicted octanol–water partition coefficient (Wildman–Crippen LogP) is 19.2. The second-order valence-electron chi connectivity index (χ2n) is 33.4. The first kappa shape index (κ1) is 111. The summed E-state index contributed by atoms with van der Waals surface area (Å²) >= 11 is 0. The van der Waals surface area contributed by atoms with Gasteiger partial charge in [0.2, 0.25) is 0 Å². The summed E-state index contributed by atoms with van der Waals surface area (Å²) in [5.74, 6) is 6.67. The molecule has 0 aliphatic carbocycles. The molecule has 18 aromatic rings. The Balaban J connectivity index is 0.000000148. The van der Waals surface area contributed by atoms with E-state index in [4.69, 9.17) is 42.6 Å². The van der Waals surface area contributed by atoms with Crippen molar-refractivity contribution in [3.8, 4) is 51.7 Å². The number of rotatable bonds is 36. The van der Waals surface area contributed by atoms with Gasteiger partial charge in [-0.3, -0.25) is 50.2 Å². The van der Waals surface area contributed by atoms with E-state index in [-0.39, 0.29) is 39.7 Å². The molecule has 34 nitrogen and oxygen atoms in total. The molecule has 5 unspecified atom stereocenters. The minimum absolute atomic E-state index is 0.00962. The Labute approximate surface area is 864 Å². The summed E-state index contributed by atoms with van der Waals surface area (Å²) < 4.78 is 189. The van der Waals surface area contributed by atoms with Gasteiger partial charge in [-0.25, -0.2) is 29.9 Å². The van der Waals surface area contributed by atoms with Crippen LogP contribution in [0.3, 0.4) is 0 Å².